The molecule has 2 N–H and O–H groups in total. The molecule has 0 fully saturated rings. The Morgan fingerprint density at radius 1 is 1.17 bits per heavy atom. The molecule has 24 heavy (non-hydrogen) atoms. The Kier molecular flexibility index (Phi) is 5.92. The highest BCUT2D eigenvalue weighted by Gasteiger charge is 2.19. The number of nitrogens with one attached hydrogen (secondary N) is 1. The van der Waals surface area contributed by atoms with E-state index < -0.39 is 18.1 Å². The molecule has 1 atom stereocenters. The van der Waals surface area contributed by atoms with Gasteiger partial charge in [0.05, 0.1) is 24.1 Å². The summed E-state index contributed by atoms with van der Waals surface area (Å²) in [5, 5.41) is 20.5. The van der Waals surface area contributed by atoms with Crippen molar-refractivity contribution in [1.82, 2.24) is 5.32 Å². The van der Waals surface area contributed by atoms with Crippen LogP contribution in [0, 0.1) is 11.3 Å². The smallest absolute Gasteiger partial charge is 0.407 e. The number of hydrogen-bond donors (Lipinski definition) is 2. The number of nitrogens with zero attached hydrogens (tertiary/aromatic N) is 1. The van der Waals surface area contributed by atoms with Crippen molar-refractivity contribution in [3.63, 3.8) is 0 Å². The number of alkyl carbamates (subject to hydrolysis) is 1. The highest BCUT2D eigenvalue weighted by Crippen LogP contribution is 2.18. The second-order valence-corrected chi connectivity index (χ2v) is 5.09. The third-order valence-electron chi connectivity index (χ3n) is 3.30. The highest BCUT2D eigenvalue weighted by molar-refractivity contribution is 5.72. The zero-order valence-corrected chi connectivity index (χ0v) is 12.8. The molecule has 0 saturated carbocycles. The van der Waals surface area contributed by atoms with E-state index in [0.29, 0.717) is 11.1 Å². The number of ether oxygens (including phenoxy) is 1. The maximum Gasteiger partial charge on any atom is 0.407 e. The summed E-state index contributed by atoms with van der Waals surface area (Å²) in [7, 11) is 0. The van der Waals surface area contributed by atoms with Gasteiger partial charge >= 0.3 is 12.1 Å². The van der Waals surface area contributed by atoms with Crippen LogP contribution >= 0.6 is 0 Å². The highest BCUT2D eigenvalue weighted by atomic mass is 16.5. The first-order valence-electron chi connectivity index (χ1n) is 7.27. The van der Waals surface area contributed by atoms with Gasteiger partial charge < -0.3 is 15.2 Å². The lowest BCUT2D eigenvalue weighted by molar-refractivity contribution is -0.137. The number of rotatable bonds is 6. The third kappa shape index (κ3) is 5.14. The monoisotopic (exact) mass is 324 g/mol. The van der Waals surface area contributed by atoms with Crippen LogP contribution in [-0.2, 0) is 16.1 Å². The molecular formula is C18H16N2O4. The zero-order valence-electron chi connectivity index (χ0n) is 12.8. The van der Waals surface area contributed by atoms with Crippen LogP contribution in [0.3, 0.4) is 0 Å². The molecule has 0 aromatic heterocycles. The van der Waals surface area contributed by atoms with Crippen molar-refractivity contribution in [3.8, 4) is 6.07 Å². The molecule has 122 valence electrons. The number of benzene rings is 2. The molecule has 0 bridgehead atoms. The molecule has 0 aliphatic heterocycles. The minimum Gasteiger partial charge on any atom is -0.481 e. The molecule has 6 heteroatoms. The van der Waals surface area contributed by atoms with Crippen molar-refractivity contribution in [1.29, 1.82) is 5.26 Å². The maximum absolute atomic E-state index is 11.9. The van der Waals surface area contributed by atoms with E-state index in [9.17, 15) is 9.59 Å². The number of carboxylic acids is 1. The van der Waals surface area contributed by atoms with Crippen LogP contribution in [0.1, 0.15) is 29.2 Å². The lowest BCUT2D eigenvalue weighted by Crippen LogP contribution is -2.30. The van der Waals surface area contributed by atoms with E-state index in [2.05, 4.69) is 5.32 Å². The number of amides is 1. The second-order valence-electron chi connectivity index (χ2n) is 5.09. The van der Waals surface area contributed by atoms with Gasteiger partial charge in [-0.1, -0.05) is 42.5 Å². The first-order valence-corrected chi connectivity index (χ1v) is 7.27. The van der Waals surface area contributed by atoms with E-state index in [1.54, 1.807) is 24.3 Å². The molecule has 0 aliphatic carbocycles. The summed E-state index contributed by atoms with van der Waals surface area (Å²) in [6, 6.07) is 16.8. The van der Waals surface area contributed by atoms with Crippen LogP contribution in [0.15, 0.2) is 54.6 Å². The molecule has 6 nitrogen and oxygen atoms in total. The van der Waals surface area contributed by atoms with Crippen molar-refractivity contribution in [3.05, 3.63) is 71.3 Å². The van der Waals surface area contributed by atoms with E-state index in [1.165, 1.54) is 0 Å². The van der Waals surface area contributed by atoms with Crippen molar-refractivity contribution in [2.45, 2.75) is 19.1 Å². The normalized spacial score (nSPS) is 11.1. The predicted molar refractivity (Wildman–Crippen MR) is 85.9 cm³/mol. The SMILES string of the molecule is N#Cc1cccc([C@@H](CC(=O)O)NC(=O)OCc2ccccc2)c1. The van der Waals surface area contributed by atoms with Crippen LogP contribution in [0.25, 0.3) is 0 Å². The van der Waals surface area contributed by atoms with Crippen molar-refractivity contribution >= 4 is 12.1 Å². The van der Waals surface area contributed by atoms with Crippen LogP contribution < -0.4 is 5.32 Å². The molecule has 0 aliphatic rings. The first kappa shape index (κ1) is 17.0. The predicted octanol–water partition coefficient (Wildman–Crippen LogP) is 3.00. The number of hydrogen-bond acceptors (Lipinski definition) is 4. The second kappa shape index (κ2) is 8.34. The van der Waals surface area contributed by atoms with Gasteiger partial charge in [0.2, 0.25) is 0 Å². The average Bonchev–Trinajstić information content (AvgIpc) is 2.60. The van der Waals surface area contributed by atoms with Gasteiger partial charge in [-0.25, -0.2) is 4.79 Å². The molecule has 0 heterocycles. The van der Waals surface area contributed by atoms with Gasteiger partial charge in [-0.05, 0) is 23.3 Å². The Morgan fingerprint density at radius 3 is 2.58 bits per heavy atom. The van der Waals surface area contributed by atoms with Gasteiger partial charge in [-0.2, -0.15) is 5.26 Å². The van der Waals surface area contributed by atoms with Gasteiger partial charge in [0.1, 0.15) is 6.61 Å². The fourth-order valence-electron chi connectivity index (χ4n) is 2.16. The topological polar surface area (TPSA) is 99.4 Å². The molecular weight excluding hydrogens is 308 g/mol. The van der Waals surface area contributed by atoms with E-state index in [-0.39, 0.29) is 13.0 Å². The fraction of sp³-hybridized carbons (Fsp3) is 0.167. The standard InChI is InChI=1S/C18H16N2O4/c19-11-14-7-4-8-15(9-14)16(10-17(21)22)20-18(23)24-12-13-5-2-1-3-6-13/h1-9,16H,10,12H2,(H,20,23)(H,21,22)/t16-/m1/s1. The van der Waals surface area contributed by atoms with Gasteiger partial charge in [-0.15, -0.1) is 0 Å². The Bertz CT molecular complexity index is 753. The van der Waals surface area contributed by atoms with E-state index in [1.807, 2.05) is 36.4 Å². The van der Waals surface area contributed by atoms with Crippen molar-refractivity contribution in [2.24, 2.45) is 0 Å². The maximum atomic E-state index is 11.9. The Labute approximate surface area is 139 Å². The Morgan fingerprint density at radius 2 is 1.92 bits per heavy atom. The summed E-state index contributed by atoms with van der Waals surface area (Å²) >= 11 is 0. The van der Waals surface area contributed by atoms with Gasteiger partial charge in [-0.3, -0.25) is 4.79 Å². The fourth-order valence-corrected chi connectivity index (χ4v) is 2.16. The lowest BCUT2D eigenvalue weighted by Gasteiger charge is -2.17. The quantitative estimate of drug-likeness (QED) is 0.851. The number of nitriles is 1. The molecule has 2 rings (SSSR count). The summed E-state index contributed by atoms with van der Waals surface area (Å²) in [4.78, 5) is 23.0. The first-order chi connectivity index (χ1) is 11.6. The molecule has 0 spiro atoms. The Balaban J connectivity index is 2.03. The largest absolute Gasteiger partial charge is 0.481 e. The van der Waals surface area contributed by atoms with E-state index >= 15 is 0 Å². The number of carboxylic acid groups (broad SMARTS) is 1. The summed E-state index contributed by atoms with van der Waals surface area (Å²) in [5.74, 6) is -1.06. The van der Waals surface area contributed by atoms with Gasteiger partial charge in [0.15, 0.2) is 0 Å². The van der Waals surface area contributed by atoms with Crippen molar-refractivity contribution in [2.75, 3.05) is 0 Å². The molecule has 1 amide bonds. The average molecular weight is 324 g/mol. The lowest BCUT2D eigenvalue weighted by atomic mass is 10.0. The third-order valence-corrected chi connectivity index (χ3v) is 3.30. The summed E-state index contributed by atoms with van der Waals surface area (Å²) in [5.41, 5.74) is 1.75. The van der Waals surface area contributed by atoms with Crippen LogP contribution in [-0.4, -0.2) is 17.2 Å². The van der Waals surface area contributed by atoms with E-state index in [0.717, 1.165) is 5.56 Å². The Hall–Kier alpha value is -3.33. The number of carbonyl (C=O) groups excluding carboxylic acids is 1. The van der Waals surface area contributed by atoms with Gasteiger partial charge in [0, 0.05) is 0 Å². The minimum atomic E-state index is -1.06. The summed E-state index contributed by atoms with van der Waals surface area (Å²) in [6.07, 6.45) is -1.03. The van der Waals surface area contributed by atoms with Crippen molar-refractivity contribution < 1.29 is 19.4 Å². The van der Waals surface area contributed by atoms with E-state index in [4.69, 9.17) is 15.1 Å². The van der Waals surface area contributed by atoms with Crippen LogP contribution in [0.2, 0.25) is 0 Å². The zero-order chi connectivity index (χ0) is 17.4. The number of aliphatic carboxylic acids is 1. The molecule has 0 saturated heterocycles. The molecule has 2 aromatic rings. The molecule has 0 radical (unpaired) electrons. The summed E-state index contributed by atoms with van der Waals surface area (Å²) < 4.78 is 5.11. The molecule has 2 aromatic carbocycles. The number of carbonyl (C=O) groups is 2. The minimum absolute atomic E-state index is 0.0880. The molecule has 0 unspecified atom stereocenters. The van der Waals surface area contributed by atoms with Gasteiger partial charge in [0.25, 0.3) is 0 Å². The van der Waals surface area contributed by atoms with Crippen LogP contribution in [0.5, 0.6) is 0 Å². The van der Waals surface area contributed by atoms with Crippen LogP contribution in [0.4, 0.5) is 4.79 Å². The summed E-state index contributed by atoms with van der Waals surface area (Å²) in [6.45, 7) is 0.0880.